The van der Waals surface area contributed by atoms with Gasteiger partial charge < -0.3 is 10.4 Å². The van der Waals surface area contributed by atoms with Gasteiger partial charge in [-0.3, -0.25) is 4.79 Å². The van der Waals surface area contributed by atoms with Crippen molar-refractivity contribution in [3.8, 4) is 5.75 Å². The summed E-state index contributed by atoms with van der Waals surface area (Å²) in [4.78, 5) is 11.8. The summed E-state index contributed by atoms with van der Waals surface area (Å²) in [5, 5.41) is 12.4. The van der Waals surface area contributed by atoms with Crippen LogP contribution < -0.4 is 5.32 Å². The quantitative estimate of drug-likeness (QED) is 0.779. The minimum Gasteiger partial charge on any atom is -0.508 e. The standard InChI is InChI=1S/C12H14ClNO2/c13-10-7-9(15)5-6-11(10)14-12(16)8-3-1-2-4-8/h5-8,15H,1-4H2,(H,14,16). The summed E-state index contributed by atoms with van der Waals surface area (Å²) in [6, 6.07) is 4.55. The van der Waals surface area contributed by atoms with Crippen LogP contribution in [-0.4, -0.2) is 11.0 Å². The lowest BCUT2D eigenvalue weighted by molar-refractivity contribution is -0.119. The van der Waals surface area contributed by atoms with Crippen LogP contribution in [0.3, 0.4) is 0 Å². The monoisotopic (exact) mass is 239 g/mol. The van der Waals surface area contributed by atoms with Crippen molar-refractivity contribution < 1.29 is 9.90 Å². The fourth-order valence-corrected chi connectivity index (χ4v) is 2.25. The van der Waals surface area contributed by atoms with Crippen molar-refractivity contribution in [1.82, 2.24) is 0 Å². The first-order valence-corrected chi connectivity index (χ1v) is 5.84. The Balaban J connectivity index is 2.05. The Morgan fingerprint density at radius 1 is 1.38 bits per heavy atom. The Hall–Kier alpha value is -1.22. The molecular formula is C12H14ClNO2. The molecule has 0 heterocycles. The molecule has 1 aromatic carbocycles. The zero-order valence-electron chi connectivity index (χ0n) is 8.87. The fourth-order valence-electron chi connectivity index (χ4n) is 2.03. The number of carbonyl (C=O) groups is 1. The van der Waals surface area contributed by atoms with E-state index in [-0.39, 0.29) is 17.6 Å². The van der Waals surface area contributed by atoms with E-state index in [4.69, 9.17) is 11.6 Å². The third-order valence-electron chi connectivity index (χ3n) is 2.94. The fraction of sp³-hybridized carbons (Fsp3) is 0.417. The maximum Gasteiger partial charge on any atom is 0.227 e. The van der Waals surface area contributed by atoms with Gasteiger partial charge in [-0.2, -0.15) is 0 Å². The SMILES string of the molecule is O=C(Nc1ccc(O)cc1Cl)C1CCCC1. The molecule has 0 bridgehead atoms. The number of aromatic hydroxyl groups is 1. The molecule has 1 aliphatic rings. The molecular weight excluding hydrogens is 226 g/mol. The Morgan fingerprint density at radius 2 is 2.06 bits per heavy atom. The number of phenols is 1. The maximum absolute atomic E-state index is 11.8. The maximum atomic E-state index is 11.8. The van der Waals surface area contributed by atoms with E-state index in [9.17, 15) is 9.90 Å². The van der Waals surface area contributed by atoms with Gasteiger partial charge in [0, 0.05) is 12.0 Å². The first kappa shape index (κ1) is 11.3. The van der Waals surface area contributed by atoms with E-state index < -0.39 is 0 Å². The molecule has 1 fully saturated rings. The van der Waals surface area contributed by atoms with Gasteiger partial charge in [-0.25, -0.2) is 0 Å². The van der Waals surface area contributed by atoms with Gasteiger partial charge in [0.2, 0.25) is 5.91 Å². The molecule has 0 aliphatic heterocycles. The van der Waals surface area contributed by atoms with Crippen LogP contribution in [0.2, 0.25) is 5.02 Å². The van der Waals surface area contributed by atoms with Gasteiger partial charge in [-0.05, 0) is 25.0 Å². The summed E-state index contributed by atoms with van der Waals surface area (Å²) in [5.41, 5.74) is 0.566. The molecule has 0 saturated heterocycles. The smallest absolute Gasteiger partial charge is 0.227 e. The van der Waals surface area contributed by atoms with Crippen molar-refractivity contribution in [2.75, 3.05) is 5.32 Å². The summed E-state index contributed by atoms with van der Waals surface area (Å²) in [6.07, 6.45) is 4.17. The van der Waals surface area contributed by atoms with Crippen LogP contribution in [0.4, 0.5) is 5.69 Å². The normalized spacial score (nSPS) is 16.3. The molecule has 1 aliphatic carbocycles. The first-order valence-electron chi connectivity index (χ1n) is 5.46. The van der Waals surface area contributed by atoms with E-state index in [0.717, 1.165) is 25.7 Å². The van der Waals surface area contributed by atoms with Gasteiger partial charge in [0.05, 0.1) is 10.7 Å². The summed E-state index contributed by atoms with van der Waals surface area (Å²) < 4.78 is 0. The van der Waals surface area contributed by atoms with Crippen molar-refractivity contribution in [3.63, 3.8) is 0 Å². The highest BCUT2D eigenvalue weighted by Gasteiger charge is 2.23. The summed E-state index contributed by atoms with van der Waals surface area (Å²) >= 11 is 5.91. The summed E-state index contributed by atoms with van der Waals surface area (Å²) in [5.74, 6) is 0.249. The molecule has 0 atom stereocenters. The van der Waals surface area contributed by atoms with Gasteiger partial charge >= 0.3 is 0 Å². The predicted octanol–water partition coefficient (Wildman–Crippen LogP) is 3.17. The number of nitrogens with one attached hydrogen (secondary N) is 1. The number of hydrogen-bond acceptors (Lipinski definition) is 2. The van der Waals surface area contributed by atoms with Gasteiger partial charge in [-0.15, -0.1) is 0 Å². The molecule has 1 amide bonds. The third kappa shape index (κ3) is 2.47. The summed E-state index contributed by atoms with van der Waals surface area (Å²) in [7, 11) is 0. The van der Waals surface area contributed by atoms with Gasteiger partial charge in [-0.1, -0.05) is 24.4 Å². The second-order valence-corrected chi connectivity index (χ2v) is 4.54. The molecule has 86 valence electrons. The van der Waals surface area contributed by atoms with Crippen molar-refractivity contribution in [1.29, 1.82) is 0 Å². The van der Waals surface area contributed by atoms with Crippen molar-refractivity contribution in [2.24, 2.45) is 5.92 Å². The highest BCUT2D eigenvalue weighted by atomic mass is 35.5. The number of anilines is 1. The minimum atomic E-state index is 0.0325. The van der Waals surface area contributed by atoms with Crippen molar-refractivity contribution >= 4 is 23.2 Å². The third-order valence-corrected chi connectivity index (χ3v) is 3.25. The number of carbonyl (C=O) groups excluding carboxylic acids is 1. The average molecular weight is 240 g/mol. The number of rotatable bonds is 2. The van der Waals surface area contributed by atoms with E-state index in [1.54, 1.807) is 6.07 Å². The van der Waals surface area contributed by atoms with Gasteiger partial charge in [0.1, 0.15) is 5.75 Å². The molecule has 3 nitrogen and oxygen atoms in total. The Labute approximate surface area is 99.4 Å². The van der Waals surface area contributed by atoms with E-state index in [0.29, 0.717) is 10.7 Å². The van der Waals surface area contributed by atoms with Crippen molar-refractivity contribution in [2.45, 2.75) is 25.7 Å². The molecule has 0 aromatic heterocycles. The van der Waals surface area contributed by atoms with E-state index >= 15 is 0 Å². The number of phenolic OH excluding ortho intramolecular Hbond substituents is 1. The van der Waals surface area contributed by atoms with Crippen LogP contribution in [0, 0.1) is 5.92 Å². The molecule has 0 spiro atoms. The molecule has 0 unspecified atom stereocenters. The zero-order chi connectivity index (χ0) is 11.5. The number of halogens is 1. The molecule has 16 heavy (non-hydrogen) atoms. The van der Waals surface area contributed by atoms with E-state index in [1.165, 1.54) is 12.1 Å². The highest BCUT2D eigenvalue weighted by Crippen LogP contribution is 2.29. The molecule has 4 heteroatoms. The Kier molecular flexibility index (Phi) is 3.34. The molecule has 2 rings (SSSR count). The van der Waals surface area contributed by atoms with Crippen LogP contribution >= 0.6 is 11.6 Å². The lowest BCUT2D eigenvalue weighted by Crippen LogP contribution is -2.20. The molecule has 0 radical (unpaired) electrons. The van der Waals surface area contributed by atoms with Crippen LogP contribution in [0.15, 0.2) is 18.2 Å². The topological polar surface area (TPSA) is 49.3 Å². The number of benzene rings is 1. The second kappa shape index (κ2) is 4.74. The molecule has 1 saturated carbocycles. The van der Waals surface area contributed by atoms with Crippen LogP contribution in [-0.2, 0) is 4.79 Å². The summed E-state index contributed by atoms with van der Waals surface area (Å²) in [6.45, 7) is 0. The zero-order valence-corrected chi connectivity index (χ0v) is 9.63. The van der Waals surface area contributed by atoms with E-state index in [1.807, 2.05) is 0 Å². The Bertz CT molecular complexity index is 400. The Morgan fingerprint density at radius 3 is 2.69 bits per heavy atom. The lowest BCUT2D eigenvalue weighted by atomic mass is 10.1. The number of amides is 1. The van der Waals surface area contributed by atoms with Crippen LogP contribution in [0.1, 0.15) is 25.7 Å². The predicted molar refractivity (Wildman–Crippen MR) is 63.7 cm³/mol. The second-order valence-electron chi connectivity index (χ2n) is 4.13. The average Bonchev–Trinajstić information content (AvgIpc) is 2.75. The minimum absolute atomic E-state index is 0.0325. The number of hydrogen-bond donors (Lipinski definition) is 2. The molecule has 2 N–H and O–H groups in total. The first-order chi connectivity index (χ1) is 7.66. The van der Waals surface area contributed by atoms with Crippen LogP contribution in [0.5, 0.6) is 5.75 Å². The van der Waals surface area contributed by atoms with E-state index in [2.05, 4.69) is 5.32 Å². The lowest BCUT2D eigenvalue weighted by Gasteiger charge is -2.11. The molecule has 1 aromatic rings. The van der Waals surface area contributed by atoms with Gasteiger partial charge in [0.25, 0.3) is 0 Å². The highest BCUT2D eigenvalue weighted by molar-refractivity contribution is 6.33. The largest absolute Gasteiger partial charge is 0.508 e. The van der Waals surface area contributed by atoms with Gasteiger partial charge in [0.15, 0.2) is 0 Å². The van der Waals surface area contributed by atoms with Crippen LogP contribution in [0.25, 0.3) is 0 Å². The van der Waals surface area contributed by atoms with Crippen molar-refractivity contribution in [3.05, 3.63) is 23.2 Å².